The van der Waals surface area contributed by atoms with Crippen molar-refractivity contribution < 1.29 is 4.92 Å². The van der Waals surface area contributed by atoms with Crippen LogP contribution in [0.4, 0.5) is 5.69 Å². The van der Waals surface area contributed by atoms with Gasteiger partial charge in [-0.05, 0) is 29.2 Å². The van der Waals surface area contributed by atoms with Crippen molar-refractivity contribution in [2.75, 3.05) is 0 Å². The monoisotopic (exact) mass is 290 g/mol. The average Bonchev–Trinajstić information content (AvgIpc) is 2.56. The molecule has 0 amide bonds. The number of aromatic nitrogens is 1. The summed E-state index contributed by atoms with van der Waals surface area (Å²) in [5.74, 6) is 0. The van der Waals surface area contributed by atoms with Gasteiger partial charge in [0.25, 0.3) is 5.69 Å². The molecule has 108 valence electrons. The van der Waals surface area contributed by atoms with E-state index in [0.29, 0.717) is 6.42 Å². The fourth-order valence-electron chi connectivity index (χ4n) is 2.34. The first kappa shape index (κ1) is 13.9. The molecule has 1 aromatic heterocycles. The molecule has 0 unspecified atom stereocenters. The summed E-state index contributed by atoms with van der Waals surface area (Å²) in [7, 11) is 0. The first-order valence-corrected chi connectivity index (χ1v) is 6.95. The van der Waals surface area contributed by atoms with Gasteiger partial charge in [-0.15, -0.1) is 0 Å². The molecule has 0 radical (unpaired) electrons. The van der Waals surface area contributed by atoms with E-state index < -0.39 is 0 Å². The number of non-ortho nitro benzene ring substituents is 1. The molecule has 0 atom stereocenters. The van der Waals surface area contributed by atoms with E-state index in [9.17, 15) is 10.1 Å². The predicted molar refractivity (Wildman–Crippen MR) is 85.6 cm³/mol. The quantitative estimate of drug-likeness (QED) is 0.533. The molecule has 0 aliphatic heterocycles. The minimum Gasteiger partial charge on any atom is -0.264 e. The zero-order valence-electron chi connectivity index (χ0n) is 11.8. The molecule has 1 heterocycles. The summed E-state index contributed by atoms with van der Waals surface area (Å²) in [6.07, 6.45) is 4.37. The van der Waals surface area contributed by atoms with E-state index in [-0.39, 0.29) is 10.6 Å². The lowest BCUT2D eigenvalue weighted by molar-refractivity contribution is -0.384. The largest absolute Gasteiger partial charge is 0.269 e. The van der Waals surface area contributed by atoms with Crippen LogP contribution in [0, 0.1) is 10.1 Å². The van der Waals surface area contributed by atoms with Crippen molar-refractivity contribution >= 4 is 5.69 Å². The van der Waals surface area contributed by atoms with E-state index >= 15 is 0 Å². The Kier molecular flexibility index (Phi) is 3.92. The second kappa shape index (κ2) is 6.18. The van der Waals surface area contributed by atoms with Gasteiger partial charge < -0.3 is 0 Å². The lowest BCUT2D eigenvalue weighted by atomic mass is 10.0. The van der Waals surface area contributed by atoms with Crippen LogP contribution in [0.25, 0.3) is 11.1 Å². The molecule has 0 spiro atoms. The van der Waals surface area contributed by atoms with Crippen LogP contribution in [0.15, 0.2) is 73.1 Å². The molecule has 0 aliphatic rings. The van der Waals surface area contributed by atoms with Gasteiger partial charge in [-0.2, -0.15) is 0 Å². The van der Waals surface area contributed by atoms with E-state index in [1.807, 2.05) is 42.7 Å². The number of rotatable bonds is 4. The highest BCUT2D eigenvalue weighted by Crippen LogP contribution is 2.21. The minimum absolute atomic E-state index is 0.111. The molecule has 4 heteroatoms. The lowest BCUT2D eigenvalue weighted by Gasteiger charge is -2.05. The summed E-state index contributed by atoms with van der Waals surface area (Å²) in [6, 6.07) is 18.8. The molecule has 2 aromatic carbocycles. The number of nitro groups is 1. The van der Waals surface area contributed by atoms with Gasteiger partial charge in [0.15, 0.2) is 0 Å². The third kappa shape index (κ3) is 3.17. The maximum Gasteiger partial charge on any atom is 0.269 e. The van der Waals surface area contributed by atoms with Crippen LogP contribution in [-0.2, 0) is 6.42 Å². The number of benzene rings is 2. The number of pyridine rings is 1. The van der Waals surface area contributed by atoms with Crippen molar-refractivity contribution in [1.82, 2.24) is 4.98 Å². The molecule has 4 nitrogen and oxygen atoms in total. The van der Waals surface area contributed by atoms with Gasteiger partial charge >= 0.3 is 0 Å². The van der Waals surface area contributed by atoms with Gasteiger partial charge in [0.2, 0.25) is 0 Å². The Bertz CT molecular complexity index is 784. The molecule has 0 aliphatic carbocycles. The van der Waals surface area contributed by atoms with E-state index in [0.717, 1.165) is 22.3 Å². The highest BCUT2D eigenvalue weighted by Gasteiger charge is 2.05. The van der Waals surface area contributed by atoms with Crippen molar-refractivity contribution in [3.8, 4) is 11.1 Å². The number of hydrogen-bond donors (Lipinski definition) is 0. The van der Waals surface area contributed by atoms with Gasteiger partial charge in [-0.25, -0.2) is 0 Å². The Morgan fingerprint density at radius 2 is 1.59 bits per heavy atom. The standard InChI is InChI=1S/C18H14N2O2/c21-20(22)18-8-6-14(7-9-18)10-15-11-17(13-19-12-15)16-4-2-1-3-5-16/h1-9,11-13H,10H2. The van der Waals surface area contributed by atoms with Crippen LogP contribution < -0.4 is 0 Å². The summed E-state index contributed by atoms with van der Waals surface area (Å²) in [5, 5.41) is 10.7. The fourth-order valence-corrected chi connectivity index (χ4v) is 2.34. The maximum absolute atomic E-state index is 10.7. The molecule has 3 rings (SSSR count). The molecule has 3 aromatic rings. The van der Waals surface area contributed by atoms with E-state index in [2.05, 4.69) is 11.1 Å². The second-order valence-electron chi connectivity index (χ2n) is 5.05. The summed E-state index contributed by atoms with van der Waals surface area (Å²) >= 11 is 0. The molecule has 0 saturated carbocycles. The van der Waals surface area contributed by atoms with Crippen molar-refractivity contribution in [3.05, 3.63) is 94.3 Å². The summed E-state index contributed by atoms with van der Waals surface area (Å²) < 4.78 is 0. The van der Waals surface area contributed by atoms with E-state index in [1.54, 1.807) is 12.1 Å². The second-order valence-corrected chi connectivity index (χ2v) is 5.05. The van der Waals surface area contributed by atoms with Crippen molar-refractivity contribution in [2.24, 2.45) is 0 Å². The van der Waals surface area contributed by atoms with Crippen molar-refractivity contribution in [1.29, 1.82) is 0 Å². The van der Waals surface area contributed by atoms with Crippen LogP contribution in [0.5, 0.6) is 0 Å². The van der Waals surface area contributed by atoms with Crippen LogP contribution >= 0.6 is 0 Å². The summed E-state index contributed by atoms with van der Waals surface area (Å²) in [6.45, 7) is 0. The lowest BCUT2D eigenvalue weighted by Crippen LogP contribution is -1.92. The Hall–Kier alpha value is -3.01. The fraction of sp³-hybridized carbons (Fsp3) is 0.0556. The van der Waals surface area contributed by atoms with Crippen LogP contribution in [-0.4, -0.2) is 9.91 Å². The minimum atomic E-state index is -0.388. The number of nitro benzene ring substituents is 1. The van der Waals surface area contributed by atoms with Gasteiger partial charge in [-0.1, -0.05) is 42.5 Å². The zero-order chi connectivity index (χ0) is 15.4. The molecule has 22 heavy (non-hydrogen) atoms. The SMILES string of the molecule is O=[N+]([O-])c1ccc(Cc2cncc(-c3ccccc3)c2)cc1. The highest BCUT2D eigenvalue weighted by molar-refractivity contribution is 5.62. The predicted octanol–water partition coefficient (Wildman–Crippen LogP) is 4.25. The Morgan fingerprint density at radius 1 is 0.864 bits per heavy atom. The Balaban J connectivity index is 1.82. The third-order valence-corrected chi connectivity index (χ3v) is 3.46. The normalized spacial score (nSPS) is 10.4. The molecule has 0 bridgehead atoms. The number of nitrogens with zero attached hydrogens (tertiary/aromatic N) is 2. The average molecular weight is 290 g/mol. The topological polar surface area (TPSA) is 56.0 Å². The molecular formula is C18H14N2O2. The van der Waals surface area contributed by atoms with Gasteiger partial charge in [0, 0.05) is 30.1 Å². The first-order chi connectivity index (χ1) is 10.7. The first-order valence-electron chi connectivity index (χ1n) is 6.95. The van der Waals surface area contributed by atoms with Crippen molar-refractivity contribution in [2.45, 2.75) is 6.42 Å². The highest BCUT2D eigenvalue weighted by atomic mass is 16.6. The Labute approximate surface area is 128 Å². The molecule has 0 fully saturated rings. The van der Waals surface area contributed by atoms with Crippen molar-refractivity contribution in [3.63, 3.8) is 0 Å². The maximum atomic E-state index is 10.7. The third-order valence-electron chi connectivity index (χ3n) is 3.46. The molecule has 0 saturated heterocycles. The number of hydrogen-bond acceptors (Lipinski definition) is 3. The van der Waals surface area contributed by atoms with Crippen LogP contribution in [0.2, 0.25) is 0 Å². The summed E-state index contributed by atoms with van der Waals surface area (Å²) in [5.41, 5.74) is 4.41. The molecule has 0 N–H and O–H groups in total. The van der Waals surface area contributed by atoms with E-state index in [4.69, 9.17) is 0 Å². The summed E-state index contributed by atoms with van der Waals surface area (Å²) in [4.78, 5) is 14.6. The molecular weight excluding hydrogens is 276 g/mol. The zero-order valence-corrected chi connectivity index (χ0v) is 11.8. The van der Waals surface area contributed by atoms with Gasteiger partial charge in [-0.3, -0.25) is 15.1 Å². The van der Waals surface area contributed by atoms with Crippen LogP contribution in [0.3, 0.4) is 0 Å². The van der Waals surface area contributed by atoms with E-state index in [1.165, 1.54) is 12.1 Å². The Morgan fingerprint density at radius 3 is 2.27 bits per heavy atom. The smallest absolute Gasteiger partial charge is 0.264 e. The van der Waals surface area contributed by atoms with Crippen LogP contribution in [0.1, 0.15) is 11.1 Å². The van der Waals surface area contributed by atoms with Gasteiger partial charge in [0.1, 0.15) is 0 Å². The van der Waals surface area contributed by atoms with Gasteiger partial charge in [0.05, 0.1) is 4.92 Å².